The van der Waals surface area contributed by atoms with Crippen molar-refractivity contribution in [3.05, 3.63) is 34.9 Å². The Balaban J connectivity index is 1.43. The molecule has 0 spiro atoms. The van der Waals surface area contributed by atoms with Crippen LogP contribution in [0.4, 0.5) is 0 Å². The molecule has 144 valence electrons. The van der Waals surface area contributed by atoms with Gasteiger partial charge >= 0.3 is 0 Å². The molecule has 0 radical (unpaired) electrons. The number of benzene rings is 1. The number of likely N-dealkylation sites (N-methyl/N-ethyl adjacent to an activating group) is 1. The van der Waals surface area contributed by atoms with Crippen LogP contribution in [0.2, 0.25) is 0 Å². The molecule has 1 fully saturated rings. The van der Waals surface area contributed by atoms with Gasteiger partial charge in [0.2, 0.25) is 5.91 Å². The van der Waals surface area contributed by atoms with E-state index in [1.807, 2.05) is 7.05 Å². The first-order valence-electron chi connectivity index (χ1n) is 10.0. The third kappa shape index (κ3) is 5.53. The first-order valence-corrected chi connectivity index (χ1v) is 10.0. The zero-order valence-electron chi connectivity index (χ0n) is 16.3. The molecule has 26 heavy (non-hydrogen) atoms. The van der Waals surface area contributed by atoms with Crippen LogP contribution >= 0.6 is 0 Å². The third-order valence-corrected chi connectivity index (χ3v) is 5.57. The maximum atomic E-state index is 12.4. The van der Waals surface area contributed by atoms with Crippen LogP contribution in [0.3, 0.4) is 0 Å². The van der Waals surface area contributed by atoms with E-state index in [1.165, 1.54) is 42.4 Å². The average molecular weight is 360 g/mol. The number of morpholine rings is 1. The van der Waals surface area contributed by atoms with Gasteiger partial charge < -0.3 is 10.1 Å². The molecule has 5 heteroatoms. The summed E-state index contributed by atoms with van der Waals surface area (Å²) < 4.78 is 5.37. The van der Waals surface area contributed by atoms with Crippen LogP contribution in [-0.2, 0) is 22.4 Å². The summed E-state index contributed by atoms with van der Waals surface area (Å²) in [6.07, 6.45) is 4.96. The van der Waals surface area contributed by atoms with Crippen LogP contribution in [0.25, 0.3) is 0 Å². The van der Waals surface area contributed by atoms with Crippen molar-refractivity contribution in [1.82, 2.24) is 15.1 Å². The molecule has 5 nitrogen and oxygen atoms in total. The summed E-state index contributed by atoms with van der Waals surface area (Å²) in [5.74, 6) is 0.0969. The van der Waals surface area contributed by atoms with Gasteiger partial charge in [-0.15, -0.1) is 0 Å². The van der Waals surface area contributed by atoms with Crippen molar-refractivity contribution < 1.29 is 9.53 Å². The van der Waals surface area contributed by atoms with E-state index in [4.69, 9.17) is 4.74 Å². The van der Waals surface area contributed by atoms with Crippen LogP contribution in [0.5, 0.6) is 0 Å². The van der Waals surface area contributed by atoms with E-state index in [1.54, 1.807) is 0 Å². The number of hydrogen-bond donors (Lipinski definition) is 1. The minimum Gasteiger partial charge on any atom is -0.379 e. The zero-order chi connectivity index (χ0) is 18.4. The van der Waals surface area contributed by atoms with E-state index in [2.05, 4.69) is 40.2 Å². The lowest BCUT2D eigenvalue weighted by molar-refractivity contribution is -0.122. The second kappa shape index (κ2) is 9.49. The number of carbonyl (C=O) groups excluding carboxylic acids is 1. The van der Waals surface area contributed by atoms with Gasteiger partial charge in [-0.2, -0.15) is 0 Å². The summed E-state index contributed by atoms with van der Waals surface area (Å²) >= 11 is 0. The molecule has 0 aromatic heterocycles. The standard InChI is InChI=1S/C21H33N3O2/c1-17(19-8-7-18-5-3-4-6-20(18)15-19)22-21(25)16-23(2)9-10-24-11-13-26-14-12-24/h7-8,15,17H,3-6,9-14,16H2,1-2H3,(H,22,25). The number of nitrogens with one attached hydrogen (secondary N) is 1. The molecule has 1 N–H and O–H groups in total. The first kappa shape index (κ1) is 19.3. The Morgan fingerprint density at radius 1 is 1.23 bits per heavy atom. The largest absolute Gasteiger partial charge is 0.379 e. The fraction of sp³-hybridized carbons (Fsp3) is 0.667. The summed E-state index contributed by atoms with van der Waals surface area (Å²) in [5.41, 5.74) is 4.17. The highest BCUT2D eigenvalue weighted by Gasteiger charge is 2.16. The van der Waals surface area contributed by atoms with Crippen molar-refractivity contribution in [2.24, 2.45) is 0 Å². The van der Waals surface area contributed by atoms with Crippen molar-refractivity contribution in [3.8, 4) is 0 Å². The van der Waals surface area contributed by atoms with E-state index in [0.29, 0.717) is 6.54 Å². The van der Waals surface area contributed by atoms with Gasteiger partial charge in [0.1, 0.15) is 0 Å². The Bertz CT molecular complexity index is 599. The highest BCUT2D eigenvalue weighted by Crippen LogP contribution is 2.24. The number of ether oxygens (including phenoxy) is 1. The molecule has 1 aromatic carbocycles. The van der Waals surface area contributed by atoms with Crippen molar-refractivity contribution in [1.29, 1.82) is 0 Å². The van der Waals surface area contributed by atoms with E-state index < -0.39 is 0 Å². The number of nitrogens with zero attached hydrogens (tertiary/aromatic N) is 2. The fourth-order valence-corrected chi connectivity index (χ4v) is 3.85. The molecule has 0 bridgehead atoms. The van der Waals surface area contributed by atoms with Gasteiger partial charge in [0, 0.05) is 26.2 Å². The number of fused-ring (bicyclic) bond motifs is 1. The van der Waals surface area contributed by atoms with Crippen LogP contribution in [0.15, 0.2) is 18.2 Å². The monoisotopic (exact) mass is 359 g/mol. The van der Waals surface area contributed by atoms with Gasteiger partial charge in [-0.05, 0) is 56.3 Å². The average Bonchev–Trinajstić information content (AvgIpc) is 2.66. The Labute approximate surface area is 157 Å². The minimum atomic E-state index is 0.0577. The maximum absolute atomic E-state index is 12.4. The normalized spacial score (nSPS) is 19.2. The zero-order valence-corrected chi connectivity index (χ0v) is 16.3. The van der Waals surface area contributed by atoms with E-state index in [9.17, 15) is 4.79 Å². The Morgan fingerprint density at radius 3 is 2.73 bits per heavy atom. The Hall–Kier alpha value is -1.43. The van der Waals surface area contributed by atoms with E-state index in [-0.39, 0.29) is 11.9 Å². The topological polar surface area (TPSA) is 44.8 Å². The quantitative estimate of drug-likeness (QED) is 0.809. The lowest BCUT2D eigenvalue weighted by Gasteiger charge is -2.28. The number of carbonyl (C=O) groups is 1. The van der Waals surface area contributed by atoms with Crippen molar-refractivity contribution in [2.45, 2.75) is 38.6 Å². The van der Waals surface area contributed by atoms with Gasteiger partial charge in [-0.25, -0.2) is 0 Å². The summed E-state index contributed by atoms with van der Waals surface area (Å²) in [4.78, 5) is 16.9. The highest BCUT2D eigenvalue weighted by molar-refractivity contribution is 5.78. The van der Waals surface area contributed by atoms with Crippen LogP contribution in [0.1, 0.15) is 42.5 Å². The highest BCUT2D eigenvalue weighted by atomic mass is 16.5. The Morgan fingerprint density at radius 2 is 1.96 bits per heavy atom. The molecular weight excluding hydrogens is 326 g/mol. The second-order valence-corrected chi connectivity index (χ2v) is 7.72. The predicted molar refractivity (Wildman–Crippen MR) is 104 cm³/mol. The molecule has 1 atom stereocenters. The smallest absolute Gasteiger partial charge is 0.234 e. The lowest BCUT2D eigenvalue weighted by Crippen LogP contribution is -2.43. The molecule has 1 aliphatic carbocycles. The Kier molecular flexibility index (Phi) is 7.06. The molecule has 3 rings (SSSR count). The molecule has 1 amide bonds. The summed E-state index contributed by atoms with van der Waals surface area (Å²) in [5, 5.41) is 3.16. The maximum Gasteiger partial charge on any atom is 0.234 e. The molecule has 1 unspecified atom stereocenters. The van der Waals surface area contributed by atoms with Crippen molar-refractivity contribution in [2.75, 3.05) is 53.0 Å². The molecule has 1 aliphatic heterocycles. The van der Waals surface area contributed by atoms with Gasteiger partial charge in [-0.3, -0.25) is 14.6 Å². The predicted octanol–water partition coefficient (Wildman–Crippen LogP) is 2.01. The summed E-state index contributed by atoms with van der Waals surface area (Å²) in [6, 6.07) is 6.78. The summed E-state index contributed by atoms with van der Waals surface area (Å²) in [7, 11) is 2.02. The van der Waals surface area contributed by atoms with E-state index in [0.717, 1.165) is 39.4 Å². The lowest BCUT2D eigenvalue weighted by atomic mass is 9.89. The first-order chi connectivity index (χ1) is 12.6. The number of amides is 1. The fourth-order valence-electron chi connectivity index (χ4n) is 3.85. The van der Waals surface area contributed by atoms with Crippen molar-refractivity contribution in [3.63, 3.8) is 0 Å². The molecule has 1 saturated heterocycles. The number of rotatable bonds is 7. The number of hydrogen-bond acceptors (Lipinski definition) is 4. The van der Waals surface area contributed by atoms with Crippen LogP contribution < -0.4 is 5.32 Å². The van der Waals surface area contributed by atoms with E-state index >= 15 is 0 Å². The second-order valence-electron chi connectivity index (χ2n) is 7.72. The van der Waals surface area contributed by atoms with Crippen LogP contribution in [-0.4, -0.2) is 68.7 Å². The molecule has 1 aromatic rings. The van der Waals surface area contributed by atoms with Crippen LogP contribution in [0, 0.1) is 0 Å². The van der Waals surface area contributed by atoms with Gasteiger partial charge in [0.05, 0.1) is 25.8 Å². The third-order valence-electron chi connectivity index (χ3n) is 5.57. The molecule has 1 heterocycles. The van der Waals surface area contributed by atoms with Crippen molar-refractivity contribution >= 4 is 5.91 Å². The van der Waals surface area contributed by atoms with Gasteiger partial charge in [0.15, 0.2) is 0 Å². The van der Waals surface area contributed by atoms with Gasteiger partial charge in [0.25, 0.3) is 0 Å². The molecular formula is C21H33N3O2. The molecule has 2 aliphatic rings. The van der Waals surface area contributed by atoms with Gasteiger partial charge in [-0.1, -0.05) is 18.2 Å². The number of aryl methyl sites for hydroxylation is 2. The minimum absolute atomic E-state index is 0.0577. The molecule has 0 saturated carbocycles. The SMILES string of the molecule is CC(NC(=O)CN(C)CCN1CCOCC1)c1ccc2c(c1)CCCC2. The summed E-state index contributed by atoms with van der Waals surface area (Å²) in [6.45, 7) is 8.06.